The van der Waals surface area contributed by atoms with Crippen LogP contribution in [0.3, 0.4) is 0 Å². The molecule has 0 aliphatic rings. The number of rotatable bonds is 4. The van der Waals surface area contributed by atoms with Crippen molar-refractivity contribution < 1.29 is 27.4 Å². The number of benzene rings is 1. The molecular formula is C13H9F3N2O3. The summed E-state index contributed by atoms with van der Waals surface area (Å²) in [4.78, 5) is 15.0. The lowest BCUT2D eigenvalue weighted by molar-refractivity contribution is -0.274. The molecule has 5 nitrogen and oxygen atoms in total. The van der Waals surface area contributed by atoms with Crippen LogP contribution in [-0.2, 0) is 0 Å². The van der Waals surface area contributed by atoms with E-state index in [2.05, 4.69) is 9.72 Å². The van der Waals surface area contributed by atoms with E-state index in [1.807, 2.05) is 0 Å². The Morgan fingerprint density at radius 2 is 1.86 bits per heavy atom. The molecule has 0 saturated carbocycles. The molecule has 0 unspecified atom stereocenters. The Bertz CT molecular complexity index is 659. The summed E-state index contributed by atoms with van der Waals surface area (Å²) in [5, 5.41) is 0. The number of pyridine rings is 1. The van der Waals surface area contributed by atoms with Gasteiger partial charge in [-0.05, 0) is 24.3 Å². The van der Waals surface area contributed by atoms with Crippen molar-refractivity contribution in [2.24, 2.45) is 5.73 Å². The molecule has 110 valence electrons. The third kappa shape index (κ3) is 4.10. The number of nitrogens with two attached hydrogens (primary N) is 1. The summed E-state index contributed by atoms with van der Waals surface area (Å²) in [5.74, 6) is -1.29. The highest BCUT2D eigenvalue weighted by atomic mass is 19.4. The zero-order valence-electron chi connectivity index (χ0n) is 10.4. The molecular weight excluding hydrogens is 289 g/mol. The van der Waals surface area contributed by atoms with Crippen molar-refractivity contribution in [3.05, 3.63) is 48.2 Å². The van der Waals surface area contributed by atoms with Crippen molar-refractivity contribution in [3.8, 4) is 17.4 Å². The number of nitrogens with zero attached hydrogens (tertiary/aromatic N) is 1. The van der Waals surface area contributed by atoms with Crippen molar-refractivity contribution in [1.29, 1.82) is 0 Å². The van der Waals surface area contributed by atoms with Crippen LogP contribution in [0.4, 0.5) is 13.2 Å². The normalized spacial score (nSPS) is 11.0. The van der Waals surface area contributed by atoms with Gasteiger partial charge in [-0.3, -0.25) is 4.79 Å². The standard InChI is InChI=1S/C13H9F3N2O3/c14-13(15,16)21-9-4-1-3-8(7-9)20-12-10(11(17)19)5-2-6-18-12/h1-7H,(H2,17,19). The van der Waals surface area contributed by atoms with Crippen LogP contribution in [0.25, 0.3) is 0 Å². The minimum absolute atomic E-state index is 0.0136. The molecule has 2 rings (SSSR count). The largest absolute Gasteiger partial charge is 0.573 e. The maximum atomic E-state index is 12.1. The van der Waals surface area contributed by atoms with Gasteiger partial charge in [0.05, 0.1) is 0 Å². The van der Waals surface area contributed by atoms with Gasteiger partial charge in [0, 0.05) is 12.3 Å². The molecule has 0 atom stereocenters. The quantitative estimate of drug-likeness (QED) is 0.941. The maximum Gasteiger partial charge on any atom is 0.573 e. The van der Waals surface area contributed by atoms with Crippen molar-refractivity contribution in [1.82, 2.24) is 4.98 Å². The second kappa shape index (κ2) is 5.70. The number of alkyl halides is 3. The first-order valence-corrected chi connectivity index (χ1v) is 5.63. The molecule has 1 aromatic heterocycles. The first-order chi connectivity index (χ1) is 9.85. The van der Waals surface area contributed by atoms with Crippen LogP contribution in [0.5, 0.6) is 17.4 Å². The summed E-state index contributed by atoms with van der Waals surface area (Å²) in [7, 11) is 0. The lowest BCUT2D eigenvalue weighted by Crippen LogP contribution is -2.17. The van der Waals surface area contributed by atoms with E-state index in [1.165, 1.54) is 30.5 Å². The lowest BCUT2D eigenvalue weighted by atomic mass is 10.2. The molecule has 0 spiro atoms. The van der Waals surface area contributed by atoms with Gasteiger partial charge in [-0.15, -0.1) is 13.2 Å². The number of carbonyl (C=O) groups excluding carboxylic acids is 1. The highest BCUT2D eigenvalue weighted by Crippen LogP contribution is 2.29. The smallest absolute Gasteiger partial charge is 0.438 e. The average molecular weight is 298 g/mol. The van der Waals surface area contributed by atoms with Gasteiger partial charge in [0.15, 0.2) is 0 Å². The van der Waals surface area contributed by atoms with Crippen LogP contribution in [0, 0.1) is 0 Å². The fraction of sp³-hybridized carbons (Fsp3) is 0.0769. The van der Waals surface area contributed by atoms with Crippen molar-refractivity contribution in [3.63, 3.8) is 0 Å². The summed E-state index contributed by atoms with van der Waals surface area (Å²) in [5.41, 5.74) is 5.16. The predicted molar refractivity (Wildman–Crippen MR) is 66.0 cm³/mol. The number of halogens is 3. The SMILES string of the molecule is NC(=O)c1cccnc1Oc1cccc(OC(F)(F)F)c1. The monoisotopic (exact) mass is 298 g/mol. The van der Waals surface area contributed by atoms with Gasteiger partial charge in [0.2, 0.25) is 5.88 Å². The molecule has 0 radical (unpaired) electrons. The Labute approximate surface area is 117 Å². The number of aromatic nitrogens is 1. The van der Waals surface area contributed by atoms with Crippen LogP contribution < -0.4 is 15.2 Å². The maximum absolute atomic E-state index is 12.1. The number of hydrogen-bond donors (Lipinski definition) is 1. The number of primary amides is 1. The van der Waals surface area contributed by atoms with E-state index < -0.39 is 18.0 Å². The van der Waals surface area contributed by atoms with E-state index in [9.17, 15) is 18.0 Å². The summed E-state index contributed by atoms with van der Waals surface area (Å²) >= 11 is 0. The Kier molecular flexibility index (Phi) is 3.97. The summed E-state index contributed by atoms with van der Waals surface area (Å²) in [6, 6.07) is 7.71. The zero-order valence-corrected chi connectivity index (χ0v) is 10.4. The van der Waals surface area contributed by atoms with Crippen LogP contribution in [0.2, 0.25) is 0 Å². The van der Waals surface area contributed by atoms with Gasteiger partial charge in [-0.2, -0.15) is 0 Å². The third-order valence-electron chi connectivity index (χ3n) is 2.29. The lowest BCUT2D eigenvalue weighted by Gasteiger charge is -2.11. The highest BCUT2D eigenvalue weighted by molar-refractivity contribution is 5.95. The average Bonchev–Trinajstić information content (AvgIpc) is 2.37. The summed E-state index contributed by atoms with van der Waals surface area (Å²) in [6.45, 7) is 0. The summed E-state index contributed by atoms with van der Waals surface area (Å²) < 4.78 is 45.4. The topological polar surface area (TPSA) is 74.4 Å². The van der Waals surface area contributed by atoms with E-state index in [1.54, 1.807) is 0 Å². The van der Waals surface area contributed by atoms with Gasteiger partial charge < -0.3 is 15.2 Å². The Morgan fingerprint density at radius 3 is 2.52 bits per heavy atom. The van der Waals surface area contributed by atoms with E-state index in [4.69, 9.17) is 10.5 Å². The van der Waals surface area contributed by atoms with Crippen LogP contribution >= 0.6 is 0 Å². The van der Waals surface area contributed by atoms with E-state index >= 15 is 0 Å². The molecule has 2 N–H and O–H groups in total. The van der Waals surface area contributed by atoms with Gasteiger partial charge >= 0.3 is 6.36 Å². The van der Waals surface area contributed by atoms with Crippen molar-refractivity contribution in [2.45, 2.75) is 6.36 Å². The predicted octanol–water partition coefficient (Wildman–Crippen LogP) is 2.87. The van der Waals surface area contributed by atoms with E-state index in [0.29, 0.717) is 0 Å². The Morgan fingerprint density at radius 1 is 1.14 bits per heavy atom. The number of carbonyl (C=O) groups is 1. The molecule has 1 heterocycles. The molecule has 8 heteroatoms. The van der Waals surface area contributed by atoms with Crippen molar-refractivity contribution in [2.75, 3.05) is 0 Å². The molecule has 0 bridgehead atoms. The number of ether oxygens (including phenoxy) is 2. The first kappa shape index (κ1) is 14.6. The van der Waals surface area contributed by atoms with Crippen LogP contribution in [-0.4, -0.2) is 17.3 Å². The minimum atomic E-state index is -4.80. The number of hydrogen-bond acceptors (Lipinski definition) is 4. The molecule has 0 saturated heterocycles. The fourth-order valence-corrected chi connectivity index (χ4v) is 1.51. The van der Waals surface area contributed by atoms with Gasteiger partial charge in [-0.25, -0.2) is 4.98 Å². The van der Waals surface area contributed by atoms with E-state index in [0.717, 1.165) is 12.1 Å². The van der Waals surface area contributed by atoms with E-state index in [-0.39, 0.29) is 17.2 Å². The van der Waals surface area contributed by atoms with Crippen LogP contribution in [0.1, 0.15) is 10.4 Å². The molecule has 21 heavy (non-hydrogen) atoms. The zero-order chi connectivity index (χ0) is 15.5. The van der Waals surface area contributed by atoms with Crippen LogP contribution in [0.15, 0.2) is 42.6 Å². The molecule has 1 amide bonds. The molecule has 0 aliphatic carbocycles. The minimum Gasteiger partial charge on any atom is -0.438 e. The fourth-order valence-electron chi connectivity index (χ4n) is 1.51. The molecule has 2 aromatic rings. The second-order valence-corrected chi connectivity index (χ2v) is 3.85. The molecule has 0 fully saturated rings. The second-order valence-electron chi connectivity index (χ2n) is 3.85. The Balaban J connectivity index is 2.25. The van der Waals surface area contributed by atoms with Gasteiger partial charge in [0.25, 0.3) is 5.91 Å². The third-order valence-corrected chi connectivity index (χ3v) is 2.29. The van der Waals surface area contributed by atoms with Gasteiger partial charge in [-0.1, -0.05) is 6.07 Å². The summed E-state index contributed by atoms with van der Waals surface area (Å²) in [6.07, 6.45) is -3.44. The number of amides is 1. The first-order valence-electron chi connectivity index (χ1n) is 5.63. The van der Waals surface area contributed by atoms with Gasteiger partial charge in [0.1, 0.15) is 17.1 Å². The highest BCUT2D eigenvalue weighted by Gasteiger charge is 2.31. The molecule has 0 aliphatic heterocycles. The Hall–Kier alpha value is -2.77. The van der Waals surface area contributed by atoms with Crippen molar-refractivity contribution >= 4 is 5.91 Å². The molecule has 1 aromatic carbocycles.